The highest BCUT2D eigenvalue weighted by Crippen LogP contribution is 2.39. The molecule has 5 rings (SSSR count). The lowest BCUT2D eigenvalue weighted by Gasteiger charge is -2.23. The van der Waals surface area contributed by atoms with Crippen LogP contribution in [0.25, 0.3) is 16.0 Å². The smallest absolute Gasteiger partial charge is 0.152 e. The molecule has 0 amide bonds. The highest BCUT2D eigenvalue weighted by atomic mass is 35.5. The quantitative estimate of drug-likeness (QED) is 0.302. The number of nitrogens with zero attached hydrogens (tertiary/aromatic N) is 2. The first kappa shape index (κ1) is 24.3. The van der Waals surface area contributed by atoms with Crippen molar-refractivity contribution in [3.05, 3.63) is 103 Å². The second-order valence-electron chi connectivity index (χ2n) is 8.45. The third-order valence-corrected chi connectivity index (χ3v) is 8.05. The summed E-state index contributed by atoms with van der Waals surface area (Å²) < 4.78 is 0. The summed E-state index contributed by atoms with van der Waals surface area (Å²) in [4.78, 5) is 9.24. The third kappa shape index (κ3) is 4.73. The van der Waals surface area contributed by atoms with Crippen LogP contribution in [0.3, 0.4) is 0 Å². The van der Waals surface area contributed by atoms with Gasteiger partial charge in [0.25, 0.3) is 0 Å². The Morgan fingerprint density at radius 1 is 1.11 bits per heavy atom. The molecule has 1 unspecified atom stereocenters. The molecule has 0 spiro atoms. The van der Waals surface area contributed by atoms with E-state index in [1.165, 1.54) is 0 Å². The number of hydrazine groups is 1. The molecule has 35 heavy (non-hydrogen) atoms. The van der Waals surface area contributed by atoms with Crippen LogP contribution in [-0.4, -0.2) is 36.3 Å². The van der Waals surface area contributed by atoms with E-state index in [0.29, 0.717) is 15.9 Å². The number of thioether (sulfide) groups is 1. The van der Waals surface area contributed by atoms with E-state index in [4.69, 9.17) is 34.0 Å². The molecule has 1 fully saturated rings. The lowest BCUT2D eigenvalue weighted by Crippen LogP contribution is -2.33. The largest absolute Gasteiger partial charge is 0.392 e. The molecule has 1 atom stereocenters. The number of likely N-dealkylation sites (N-methyl/N-ethyl adjacent to an activating group) is 1. The normalized spacial score (nSPS) is 18.3. The predicted molar refractivity (Wildman–Crippen MR) is 144 cm³/mol. The second kappa shape index (κ2) is 10.3. The molecule has 3 aromatic carbocycles. The van der Waals surface area contributed by atoms with Crippen LogP contribution in [0.15, 0.2) is 76.4 Å². The van der Waals surface area contributed by atoms with Crippen LogP contribution in [-0.2, 0) is 6.61 Å². The van der Waals surface area contributed by atoms with Crippen molar-refractivity contribution in [3.63, 3.8) is 0 Å². The summed E-state index contributed by atoms with van der Waals surface area (Å²) >= 11 is 14.3. The molecule has 3 aromatic rings. The van der Waals surface area contributed by atoms with E-state index >= 15 is 0 Å². The van der Waals surface area contributed by atoms with Gasteiger partial charge in [0.15, 0.2) is 5.82 Å². The van der Waals surface area contributed by atoms with Crippen LogP contribution < -0.4 is 27.2 Å². The number of nitrogens with two attached hydrogens (primary N) is 1. The number of fused-ring (bicyclic) bond motifs is 1. The molecule has 0 aliphatic carbocycles. The highest BCUT2D eigenvalue weighted by Gasteiger charge is 2.30. The SMILES string of the molecule is CN1CNCC1C1=C(NN)N=c2ccc(CO)c(-c3ccc(Cl)cc3)c2=C(c2cccc(Cl)c2)S1. The zero-order chi connectivity index (χ0) is 24.5. The van der Waals surface area contributed by atoms with Gasteiger partial charge in [0.2, 0.25) is 0 Å². The first-order valence-electron chi connectivity index (χ1n) is 11.2. The summed E-state index contributed by atoms with van der Waals surface area (Å²) in [6, 6.07) is 19.4. The number of halogens is 2. The Hall–Kier alpha value is -2.36. The first-order valence-corrected chi connectivity index (χ1v) is 12.7. The minimum absolute atomic E-state index is 0.0922. The van der Waals surface area contributed by atoms with E-state index in [9.17, 15) is 5.11 Å². The molecule has 2 heterocycles. The van der Waals surface area contributed by atoms with Gasteiger partial charge in [0.1, 0.15) is 0 Å². The van der Waals surface area contributed by atoms with Crippen LogP contribution in [0.2, 0.25) is 10.0 Å². The van der Waals surface area contributed by atoms with E-state index in [1.54, 1.807) is 11.8 Å². The van der Waals surface area contributed by atoms with E-state index in [1.807, 2.05) is 60.7 Å². The van der Waals surface area contributed by atoms with Gasteiger partial charge >= 0.3 is 0 Å². The minimum Gasteiger partial charge on any atom is -0.392 e. The standard InChI is InChI=1S/C26H25Cl2N5OS/c1-33-14-30-12-21(33)25-26(32-29)31-20-10-7-17(13-34)22(15-5-8-18(27)9-6-15)23(20)24(35-25)16-3-2-4-19(28)11-16/h2-11,21,30,32,34H,12-14,29H2,1H3. The van der Waals surface area contributed by atoms with Crippen LogP contribution in [0.5, 0.6) is 0 Å². The van der Waals surface area contributed by atoms with Crippen molar-refractivity contribution in [2.24, 2.45) is 10.8 Å². The molecule has 2 aliphatic rings. The first-order chi connectivity index (χ1) is 17.0. The topological polar surface area (TPSA) is 85.9 Å². The van der Waals surface area contributed by atoms with Gasteiger partial charge in [-0.25, -0.2) is 10.8 Å². The number of hydrogen-bond acceptors (Lipinski definition) is 7. The molecule has 2 aliphatic heterocycles. The summed E-state index contributed by atoms with van der Waals surface area (Å²) in [5.41, 5.74) is 6.45. The van der Waals surface area contributed by atoms with Crippen molar-refractivity contribution in [2.75, 3.05) is 20.3 Å². The maximum absolute atomic E-state index is 10.3. The number of hydrogen-bond donors (Lipinski definition) is 4. The van der Waals surface area contributed by atoms with Crippen LogP contribution >= 0.6 is 35.0 Å². The molecular formula is C26H25Cl2N5OS. The summed E-state index contributed by atoms with van der Waals surface area (Å²) in [6.07, 6.45) is 0. The molecule has 9 heteroatoms. The maximum Gasteiger partial charge on any atom is 0.152 e. The lowest BCUT2D eigenvalue weighted by molar-refractivity contribution is 0.282. The number of nitrogens with one attached hydrogen (secondary N) is 2. The Kier molecular flexibility index (Phi) is 7.18. The molecule has 5 N–H and O–H groups in total. The Balaban J connectivity index is 1.89. The monoisotopic (exact) mass is 525 g/mol. The van der Waals surface area contributed by atoms with Crippen molar-refractivity contribution in [2.45, 2.75) is 12.6 Å². The molecule has 180 valence electrons. The van der Waals surface area contributed by atoms with E-state index < -0.39 is 0 Å². The van der Waals surface area contributed by atoms with Gasteiger partial charge < -0.3 is 15.8 Å². The summed E-state index contributed by atoms with van der Waals surface area (Å²) in [7, 11) is 2.08. The van der Waals surface area contributed by atoms with Crippen molar-refractivity contribution in [3.8, 4) is 11.1 Å². The van der Waals surface area contributed by atoms with Crippen molar-refractivity contribution in [1.82, 2.24) is 15.6 Å². The minimum atomic E-state index is -0.115. The summed E-state index contributed by atoms with van der Waals surface area (Å²) in [6.45, 7) is 1.44. The van der Waals surface area contributed by atoms with E-state index in [-0.39, 0.29) is 12.6 Å². The molecular weight excluding hydrogens is 501 g/mol. The van der Waals surface area contributed by atoms with Gasteiger partial charge in [0.05, 0.1) is 22.9 Å². The van der Waals surface area contributed by atoms with Gasteiger partial charge in [-0.15, -0.1) is 0 Å². The van der Waals surface area contributed by atoms with Gasteiger partial charge in [-0.1, -0.05) is 65.3 Å². The summed E-state index contributed by atoms with van der Waals surface area (Å²) in [5.74, 6) is 6.64. The Bertz CT molecular complexity index is 1420. The van der Waals surface area contributed by atoms with E-state index in [2.05, 4.69) is 22.7 Å². The molecule has 0 radical (unpaired) electrons. The predicted octanol–water partition coefficient (Wildman–Crippen LogP) is 3.17. The van der Waals surface area contributed by atoms with Crippen LogP contribution in [0.4, 0.5) is 0 Å². The maximum atomic E-state index is 10.3. The van der Waals surface area contributed by atoms with Crippen LogP contribution in [0.1, 0.15) is 11.1 Å². The zero-order valence-corrected chi connectivity index (χ0v) is 21.4. The zero-order valence-electron chi connectivity index (χ0n) is 19.1. The highest BCUT2D eigenvalue weighted by molar-refractivity contribution is 8.11. The van der Waals surface area contributed by atoms with Crippen molar-refractivity contribution < 1.29 is 5.11 Å². The summed E-state index contributed by atoms with van der Waals surface area (Å²) in [5, 5.41) is 16.7. The molecule has 0 saturated carbocycles. The third-order valence-electron chi connectivity index (χ3n) is 6.23. The average molecular weight is 526 g/mol. The van der Waals surface area contributed by atoms with Gasteiger partial charge in [-0.3, -0.25) is 4.90 Å². The average Bonchev–Trinajstić information content (AvgIpc) is 3.21. The Labute approximate surface area is 218 Å². The van der Waals surface area contributed by atoms with Crippen LogP contribution in [0, 0.1) is 0 Å². The number of rotatable bonds is 5. The van der Waals surface area contributed by atoms with E-state index in [0.717, 1.165) is 55.9 Å². The van der Waals surface area contributed by atoms with Crippen molar-refractivity contribution >= 4 is 39.9 Å². The fourth-order valence-electron chi connectivity index (χ4n) is 4.52. The lowest BCUT2D eigenvalue weighted by atomic mass is 9.96. The van der Waals surface area contributed by atoms with Gasteiger partial charge in [0, 0.05) is 33.4 Å². The van der Waals surface area contributed by atoms with Crippen molar-refractivity contribution in [1.29, 1.82) is 0 Å². The fourth-order valence-corrected chi connectivity index (χ4v) is 6.21. The molecule has 0 aromatic heterocycles. The molecule has 1 saturated heterocycles. The molecule has 6 nitrogen and oxygen atoms in total. The number of benzene rings is 3. The Morgan fingerprint density at radius 3 is 2.57 bits per heavy atom. The Morgan fingerprint density at radius 2 is 1.91 bits per heavy atom. The second-order valence-corrected chi connectivity index (χ2v) is 10.4. The van der Waals surface area contributed by atoms with Gasteiger partial charge in [-0.2, -0.15) is 0 Å². The fraction of sp³-hybridized carbons (Fsp3) is 0.192. The number of aliphatic hydroxyl groups is 1. The molecule has 0 bridgehead atoms. The number of aliphatic hydroxyl groups excluding tert-OH is 1. The van der Waals surface area contributed by atoms with Gasteiger partial charge in [-0.05, 0) is 59.6 Å².